The maximum Gasteiger partial charge on any atom is 0.277 e. The molecule has 0 aliphatic heterocycles. The van der Waals surface area contributed by atoms with Crippen molar-refractivity contribution in [3.8, 4) is 0 Å². The summed E-state index contributed by atoms with van der Waals surface area (Å²) in [4.78, 5) is 12.2. The van der Waals surface area contributed by atoms with Crippen molar-refractivity contribution in [2.45, 2.75) is 6.92 Å². The van der Waals surface area contributed by atoms with Gasteiger partial charge in [-0.2, -0.15) is 0 Å². The molecule has 1 aromatic carbocycles. The number of nitrogens with one attached hydrogen (secondary N) is 1. The Morgan fingerprint density at radius 2 is 2.00 bits per heavy atom. The van der Waals surface area contributed by atoms with E-state index in [1.807, 2.05) is 6.92 Å². The average Bonchev–Trinajstić information content (AvgIpc) is 2.69. The lowest BCUT2D eigenvalue weighted by molar-refractivity contribution is 0.102. The first-order valence-electron chi connectivity index (χ1n) is 5.83. The zero-order valence-corrected chi connectivity index (χ0v) is 15.3. The summed E-state index contributed by atoms with van der Waals surface area (Å²) in [6.45, 7) is 1.86. The SMILES string of the molecule is Cc1ccc(NC(=O)c2nn(S(C)(=O)=O)c(Cl)c2Br)c(Cl)c1. The quantitative estimate of drug-likeness (QED) is 0.816. The number of nitrogens with zero attached hydrogens (tertiary/aromatic N) is 2. The van der Waals surface area contributed by atoms with E-state index in [1.54, 1.807) is 18.2 Å². The summed E-state index contributed by atoms with van der Waals surface area (Å²) in [5, 5.41) is 6.43. The van der Waals surface area contributed by atoms with Gasteiger partial charge >= 0.3 is 0 Å². The van der Waals surface area contributed by atoms with Gasteiger partial charge in [0.15, 0.2) is 10.8 Å². The van der Waals surface area contributed by atoms with Crippen LogP contribution in [0.5, 0.6) is 0 Å². The number of hydrogen-bond acceptors (Lipinski definition) is 4. The largest absolute Gasteiger partial charge is 0.319 e. The monoisotopic (exact) mass is 425 g/mol. The Labute approximate surface area is 145 Å². The van der Waals surface area contributed by atoms with E-state index in [1.165, 1.54) is 0 Å². The molecule has 1 heterocycles. The molecule has 0 aliphatic carbocycles. The molecule has 6 nitrogen and oxygen atoms in total. The molecule has 1 aromatic heterocycles. The predicted octanol–water partition coefficient (Wildman–Crippen LogP) is 3.32. The first-order valence-corrected chi connectivity index (χ1v) is 9.23. The van der Waals surface area contributed by atoms with Crippen LogP contribution in [0.15, 0.2) is 22.7 Å². The number of anilines is 1. The lowest BCUT2D eigenvalue weighted by Gasteiger charge is -2.06. The van der Waals surface area contributed by atoms with Gasteiger partial charge in [0.25, 0.3) is 15.9 Å². The fourth-order valence-electron chi connectivity index (χ4n) is 1.63. The molecule has 0 radical (unpaired) electrons. The number of aromatic nitrogens is 2. The molecule has 0 aliphatic rings. The summed E-state index contributed by atoms with van der Waals surface area (Å²) >= 11 is 15.0. The molecule has 22 heavy (non-hydrogen) atoms. The summed E-state index contributed by atoms with van der Waals surface area (Å²) in [6, 6.07) is 5.10. The third kappa shape index (κ3) is 3.45. The Balaban J connectivity index is 2.38. The third-order valence-electron chi connectivity index (χ3n) is 2.65. The van der Waals surface area contributed by atoms with Crippen LogP contribution in [0.1, 0.15) is 16.1 Å². The first-order chi connectivity index (χ1) is 10.1. The minimum atomic E-state index is -3.72. The number of amides is 1. The molecule has 1 amide bonds. The topological polar surface area (TPSA) is 81.1 Å². The fraction of sp³-hybridized carbons (Fsp3) is 0.167. The molecule has 0 atom stereocenters. The lowest BCUT2D eigenvalue weighted by Crippen LogP contribution is -2.16. The number of rotatable bonds is 3. The molecule has 0 saturated heterocycles. The zero-order valence-electron chi connectivity index (χ0n) is 11.4. The van der Waals surface area contributed by atoms with E-state index in [9.17, 15) is 13.2 Å². The van der Waals surface area contributed by atoms with Gasteiger partial charge in [-0.1, -0.05) is 29.3 Å². The molecule has 10 heteroatoms. The maximum atomic E-state index is 12.2. The summed E-state index contributed by atoms with van der Waals surface area (Å²) in [5.74, 6) is -0.637. The zero-order chi connectivity index (χ0) is 16.7. The maximum absolute atomic E-state index is 12.2. The molecule has 2 rings (SSSR count). The van der Waals surface area contributed by atoms with Crippen molar-refractivity contribution in [1.29, 1.82) is 0 Å². The fourth-order valence-corrected chi connectivity index (χ4v) is 3.57. The molecule has 0 fully saturated rings. The van der Waals surface area contributed by atoms with Gasteiger partial charge < -0.3 is 5.32 Å². The number of halogens is 3. The highest BCUT2D eigenvalue weighted by Crippen LogP contribution is 2.29. The van der Waals surface area contributed by atoms with Gasteiger partial charge in [-0.25, -0.2) is 8.42 Å². The number of aryl methyl sites for hydroxylation is 1. The van der Waals surface area contributed by atoms with Crippen molar-refractivity contribution in [2.75, 3.05) is 11.6 Å². The smallest absolute Gasteiger partial charge is 0.277 e. The van der Waals surface area contributed by atoms with Crippen LogP contribution in [0, 0.1) is 6.92 Å². The Morgan fingerprint density at radius 1 is 1.36 bits per heavy atom. The van der Waals surface area contributed by atoms with Crippen molar-refractivity contribution < 1.29 is 13.2 Å². The Morgan fingerprint density at radius 3 is 2.50 bits per heavy atom. The predicted molar refractivity (Wildman–Crippen MR) is 89.3 cm³/mol. The molecule has 1 N–H and O–H groups in total. The number of carbonyl (C=O) groups excluding carboxylic acids is 1. The van der Waals surface area contributed by atoms with E-state index in [0.29, 0.717) is 14.8 Å². The van der Waals surface area contributed by atoms with Crippen LogP contribution in [0.2, 0.25) is 10.2 Å². The van der Waals surface area contributed by atoms with E-state index in [4.69, 9.17) is 23.2 Å². The molecular weight excluding hydrogens is 417 g/mol. The van der Waals surface area contributed by atoms with Crippen LogP contribution in [0.25, 0.3) is 0 Å². The van der Waals surface area contributed by atoms with E-state index in [0.717, 1.165) is 11.8 Å². The molecular formula is C12H10BrCl2N3O3S. The number of hydrogen-bond donors (Lipinski definition) is 1. The van der Waals surface area contributed by atoms with Crippen LogP contribution in [-0.4, -0.2) is 29.8 Å². The van der Waals surface area contributed by atoms with Crippen molar-refractivity contribution in [3.63, 3.8) is 0 Å². The Kier molecular flexibility index (Phi) is 4.86. The van der Waals surface area contributed by atoms with Gasteiger partial charge in [0.05, 0.1) is 21.4 Å². The molecule has 0 bridgehead atoms. The Hall–Kier alpha value is -1.09. The van der Waals surface area contributed by atoms with E-state index >= 15 is 0 Å². The summed E-state index contributed by atoms with van der Waals surface area (Å²) in [6.07, 6.45) is 0.927. The Bertz CT molecular complexity index is 865. The van der Waals surface area contributed by atoms with Crippen LogP contribution < -0.4 is 5.32 Å². The van der Waals surface area contributed by atoms with Gasteiger partial charge in [-0.15, -0.1) is 9.19 Å². The average molecular weight is 427 g/mol. The van der Waals surface area contributed by atoms with Crippen LogP contribution in [-0.2, 0) is 10.0 Å². The van der Waals surface area contributed by atoms with Gasteiger partial charge in [-0.05, 0) is 40.5 Å². The van der Waals surface area contributed by atoms with Crippen LogP contribution in [0.4, 0.5) is 5.69 Å². The molecule has 0 saturated carbocycles. The number of carbonyl (C=O) groups is 1. The van der Waals surface area contributed by atoms with E-state index < -0.39 is 15.9 Å². The summed E-state index contributed by atoms with van der Waals surface area (Å²) < 4.78 is 23.7. The van der Waals surface area contributed by atoms with Crippen LogP contribution >= 0.6 is 39.1 Å². The highest BCUT2D eigenvalue weighted by atomic mass is 79.9. The van der Waals surface area contributed by atoms with Gasteiger partial charge in [0, 0.05) is 0 Å². The van der Waals surface area contributed by atoms with Crippen molar-refractivity contribution in [2.24, 2.45) is 0 Å². The molecule has 118 valence electrons. The first kappa shape index (κ1) is 17.3. The summed E-state index contributed by atoms with van der Waals surface area (Å²) in [5.41, 5.74) is 1.16. The van der Waals surface area contributed by atoms with E-state index in [2.05, 4.69) is 26.3 Å². The second-order valence-corrected chi connectivity index (χ2v) is 7.87. The number of benzene rings is 1. The third-order valence-corrected chi connectivity index (χ3v) is 5.28. The standard InChI is InChI=1S/C12H10BrCl2N3O3S/c1-6-3-4-8(7(14)5-6)16-12(19)10-9(13)11(15)18(17-10)22(2,20)21/h3-5H,1-2H3,(H,16,19). The van der Waals surface area contributed by atoms with Crippen LogP contribution in [0.3, 0.4) is 0 Å². The van der Waals surface area contributed by atoms with E-state index in [-0.39, 0.29) is 15.3 Å². The second kappa shape index (κ2) is 6.19. The normalized spacial score (nSPS) is 11.5. The minimum absolute atomic E-state index is 0.0836. The highest BCUT2D eigenvalue weighted by Gasteiger charge is 2.24. The lowest BCUT2D eigenvalue weighted by atomic mass is 10.2. The molecule has 0 unspecified atom stereocenters. The van der Waals surface area contributed by atoms with Gasteiger partial charge in [-0.3, -0.25) is 4.79 Å². The van der Waals surface area contributed by atoms with Crippen molar-refractivity contribution in [3.05, 3.63) is 44.1 Å². The summed E-state index contributed by atoms with van der Waals surface area (Å²) in [7, 11) is -3.72. The van der Waals surface area contributed by atoms with Crippen molar-refractivity contribution in [1.82, 2.24) is 9.19 Å². The molecule has 2 aromatic rings. The van der Waals surface area contributed by atoms with Crippen molar-refractivity contribution >= 4 is 60.7 Å². The molecule has 0 spiro atoms. The second-order valence-electron chi connectivity index (χ2n) is 4.50. The highest BCUT2D eigenvalue weighted by molar-refractivity contribution is 9.10. The van der Waals surface area contributed by atoms with Gasteiger partial charge in [0.1, 0.15) is 0 Å². The minimum Gasteiger partial charge on any atom is -0.319 e. The van der Waals surface area contributed by atoms with Gasteiger partial charge in [0.2, 0.25) is 0 Å².